The van der Waals surface area contributed by atoms with Crippen LogP contribution in [0.25, 0.3) is 0 Å². The van der Waals surface area contributed by atoms with Crippen LogP contribution in [0.4, 0.5) is 0 Å². The predicted octanol–water partition coefficient (Wildman–Crippen LogP) is 1.09. The van der Waals surface area contributed by atoms with Gasteiger partial charge in [-0.1, -0.05) is 26.7 Å². The van der Waals surface area contributed by atoms with Gasteiger partial charge in [-0.15, -0.1) is 0 Å². The van der Waals surface area contributed by atoms with Gasteiger partial charge in [0.1, 0.15) is 0 Å². The zero-order valence-corrected chi connectivity index (χ0v) is 6.71. The molecule has 1 radical (unpaired) electrons. The summed E-state index contributed by atoms with van der Waals surface area (Å²) in [7, 11) is 0. The first-order chi connectivity index (χ1) is 4.72. The van der Waals surface area contributed by atoms with E-state index >= 15 is 0 Å². The Labute approximate surface area is 63.4 Å². The van der Waals surface area contributed by atoms with Crippen molar-refractivity contribution < 1.29 is 5.11 Å². The quantitative estimate of drug-likeness (QED) is 0.606. The van der Waals surface area contributed by atoms with Gasteiger partial charge in [0.25, 0.3) is 0 Å². The molecule has 2 atom stereocenters. The van der Waals surface area contributed by atoms with Crippen molar-refractivity contribution in [3.63, 3.8) is 0 Å². The van der Waals surface area contributed by atoms with E-state index in [9.17, 15) is 5.11 Å². The minimum atomic E-state index is -0.327. The minimum Gasteiger partial charge on any atom is -0.392 e. The Morgan fingerprint density at radius 1 is 1.60 bits per heavy atom. The number of aliphatic hydroxyl groups excluding tert-OH is 1. The van der Waals surface area contributed by atoms with Crippen LogP contribution in [0.15, 0.2) is 0 Å². The molecule has 2 heteroatoms. The van der Waals surface area contributed by atoms with Crippen LogP contribution in [-0.2, 0) is 0 Å². The summed E-state index contributed by atoms with van der Waals surface area (Å²) in [5, 5.41) is 9.30. The summed E-state index contributed by atoms with van der Waals surface area (Å²) in [5.74, 6) is 0. The molecule has 0 saturated carbocycles. The van der Waals surface area contributed by atoms with Crippen molar-refractivity contribution in [3.8, 4) is 0 Å². The van der Waals surface area contributed by atoms with Gasteiger partial charge >= 0.3 is 0 Å². The number of rotatable bonds is 5. The molecule has 2 unspecified atom stereocenters. The van der Waals surface area contributed by atoms with Gasteiger partial charge in [-0.25, -0.2) is 0 Å². The lowest BCUT2D eigenvalue weighted by Gasteiger charge is -2.15. The van der Waals surface area contributed by atoms with Gasteiger partial charge in [0.2, 0.25) is 0 Å². The second-order valence-electron chi connectivity index (χ2n) is 2.64. The Balaban J connectivity index is 3.31. The van der Waals surface area contributed by atoms with Crippen LogP contribution in [0.5, 0.6) is 0 Å². The standard InChI is InChI=1S/C8H18NO/c1-3-5-6-8(10)7(9)4-2/h7-8,10H,1,3-6,9H2,2H3. The highest BCUT2D eigenvalue weighted by molar-refractivity contribution is 4.69. The van der Waals surface area contributed by atoms with Crippen LogP contribution in [0.2, 0.25) is 0 Å². The Morgan fingerprint density at radius 3 is 2.60 bits per heavy atom. The Morgan fingerprint density at radius 2 is 2.20 bits per heavy atom. The van der Waals surface area contributed by atoms with E-state index in [1.807, 2.05) is 6.92 Å². The third-order valence-corrected chi connectivity index (χ3v) is 1.72. The zero-order valence-electron chi connectivity index (χ0n) is 6.71. The number of hydrogen-bond acceptors (Lipinski definition) is 2. The van der Waals surface area contributed by atoms with E-state index in [-0.39, 0.29) is 12.1 Å². The average molecular weight is 144 g/mol. The van der Waals surface area contributed by atoms with Gasteiger partial charge in [-0.3, -0.25) is 0 Å². The Bertz CT molecular complexity index is 75.7. The molecule has 0 bridgehead atoms. The van der Waals surface area contributed by atoms with Crippen LogP contribution >= 0.6 is 0 Å². The summed E-state index contributed by atoms with van der Waals surface area (Å²) < 4.78 is 0. The molecule has 0 heterocycles. The van der Waals surface area contributed by atoms with Gasteiger partial charge in [0, 0.05) is 6.04 Å². The van der Waals surface area contributed by atoms with Crippen molar-refractivity contribution in [3.05, 3.63) is 6.92 Å². The summed E-state index contributed by atoms with van der Waals surface area (Å²) in [4.78, 5) is 0. The molecule has 10 heavy (non-hydrogen) atoms. The van der Waals surface area contributed by atoms with Gasteiger partial charge < -0.3 is 10.8 Å². The van der Waals surface area contributed by atoms with Gasteiger partial charge in [-0.05, 0) is 12.8 Å². The van der Waals surface area contributed by atoms with Crippen molar-refractivity contribution in [1.82, 2.24) is 0 Å². The number of unbranched alkanes of at least 4 members (excludes halogenated alkanes) is 1. The maximum atomic E-state index is 9.30. The normalized spacial score (nSPS) is 16.8. The fraction of sp³-hybridized carbons (Fsp3) is 0.875. The lowest BCUT2D eigenvalue weighted by Crippen LogP contribution is -2.33. The molecule has 0 spiro atoms. The van der Waals surface area contributed by atoms with Crippen molar-refractivity contribution in [1.29, 1.82) is 0 Å². The summed E-state index contributed by atoms with van der Waals surface area (Å²) >= 11 is 0. The van der Waals surface area contributed by atoms with Crippen LogP contribution in [0.3, 0.4) is 0 Å². The SMILES string of the molecule is [CH2]CCCC(O)C(N)CC. The van der Waals surface area contributed by atoms with E-state index in [4.69, 9.17) is 5.73 Å². The number of hydrogen-bond donors (Lipinski definition) is 2. The molecule has 0 saturated heterocycles. The molecule has 2 nitrogen and oxygen atoms in total. The molecule has 0 fully saturated rings. The predicted molar refractivity (Wildman–Crippen MR) is 43.5 cm³/mol. The average Bonchev–Trinajstić information content (AvgIpc) is 1.98. The lowest BCUT2D eigenvalue weighted by atomic mass is 10.0. The van der Waals surface area contributed by atoms with Crippen molar-refractivity contribution >= 4 is 0 Å². The maximum absolute atomic E-state index is 9.30. The first kappa shape index (κ1) is 9.92. The molecule has 0 aliphatic rings. The van der Waals surface area contributed by atoms with E-state index in [2.05, 4.69) is 6.92 Å². The molecular formula is C8H18NO. The van der Waals surface area contributed by atoms with Gasteiger partial charge in [0.15, 0.2) is 0 Å². The van der Waals surface area contributed by atoms with Gasteiger partial charge in [0.05, 0.1) is 6.10 Å². The molecule has 0 aliphatic carbocycles. The first-order valence-corrected chi connectivity index (χ1v) is 3.95. The lowest BCUT2D eigenvalue weighted by molar-refractivity contribution is 0.131. The van der Waals surface area contributed by atoms with E-state index in [1.54, 1.807) is 0 Å². The molecule has 0 rings (SSSR count). The molecule has 0 aromatic rings. The highest BCUT2D eigenvalue weighted by atomic mass is 16.3. The summed E-state index contributed by atoms with van der Waals surface area (Å²) in [6, 6.07) is -0.0495. The fourth-order valence-corrected chi connectivity index (χ4v) is 0.840. The topological polar surface area (TPSA) is 46.2 Å². The smallest absolute Gasteiger partial charge is 0.0691 e. The van der Waals surface area contributed by atoms with Crippen LogP contribution < -0.4 is 5.73 Å². The van der Waals surface area contributed by atoms with E-state index in [0.29, 0.717) is 0 Å². The largest absolute Gasteiger partial charge is 0.392 e. The molecule has 0 aromatic heterocycles. The molecular weight excluding hydrogens is 126 g/mol. The third-order valence-electron chi connectivity index (χ3n) is 1.72. The van der Waals surface area contributed by atoms with E-state index < -0.39 is 0 Å². The Hall–Kier alpha value is -0.0800. The summed E-state index contributed by atoms with van der Waals surface area (Å²) in [5.41, 5.74) is 5.59. The molecule has 0 aliphatic heterocycles. The van der Waals surface area contributed by atoms with Crippen LogP contribution in [-0.4, -0.2) is 17.3 Å². The number of aliphatic hydroxyl groups is 1. The third kappa shape index (κ3) is 3.85. The number of nitrogens with two attached hydrogens (primary N) is 1. The molecule has 3 N–H and O–H groups in total. The van der Waals surface area contributed by atoms with E-state index in [1.165, 1.54) is 0 Å². The zero-order chi connectivity index (χ0) is 7.98. The highest BCUT2D eigenvalue weighted by Gasteiger charge is 2.10. The first-order valence-electron chi connectivity index (χ1n) is 3.95. The monoisotopic (exact) mass is 144 g/mol. The summed E-state index contributed by atoms with van der Waals surface area (Å²) in [6.07, 6.45) is 3.16. The Kier molecular flexibility index (Phi) is 5.64. The van der Waals surface area contributed by atoms with Crippen LogP contribution in [0, 0.1) is 6.92 Å². The molecule has 0 aromatic carbocycles. The maximum Gasteiger partial charge on any atom is 0.0691 e. The van der Waals surface area contributed by atoms with Crippen molar-refractivity contribution in [2.75, 3.05) is 0 Å². The second-order valence-corrected chi connectivity index (χ2v) is 2.64. The van der Waals surface area contributed by atoms with Crippen LogP contribution in [0.1, 0.15) is 32.6 Å². The van der Waals surface area contributed by atoms with Crippen molar-refractivity contribution in [2.24, 2.45) is 5.73 Å². The van der Waals surface area contributed by atoms with Gasteiger partial charge in [-0.2, -0.15) is 0 Å². The second kappa shape index (κ2) is 5.69. The molecule has 0 amide bonds. The highest BCUT2D eigenvalue weighted by Crippen LogP contribution is 2.04. The van der Waals surface area contributed by atoms with E-state index in [0.717, 1.165) is 25.7 Å². The summed E-state index contributed by atoms with van der Waals surface area (Å²) in [6.45, 7) is 5.68. The minimum absolute atomic E-state index is 0.0495. The molecule has 61 valence electrons. The fourth-order valence-electron chi connectivity index (χ4n) is 0.840. The van der Waals surface area contributed by atoms with Crippen molar-refractivity contribution in [2.45, 2.75) is 44.8 Å².